The van der Waals surface area contributed by atoms with E-state index in [9.17, 15) is 5.11 Å². The van der Waals surface area contributed by atoms with Gasteiger partial charge in [0.05, 0.1) is 0 Å². The number of fused-ring (bicyclic) bond motifs is 1. The average molecular weight is 237 g/mol. The Morgan fingerprint density at radius 3 is 2.44 bits per heavy atom. The van der Waals surface area contributed by atoms with Gasteiger partial charge in [-0.15, -0.1) is 0 Å². The summed E-state index contributed by atoms with van der Waals surface area (Å²) < 4.78 is 0. The number of nitrogens with one attached hydrogen (secondary N) is 1. The van der Waals surface area contributed by atoms with E-state index in [2.05, 4.69) is 30.1 Å². The lowest BCUT2D eigenvalue weighted by atomic mass is 9.98. The highest BCUT2D eigenvalue weighted by Gasteiger charge is 2.10. The number of aromatic nitrogens is 1. The highest BCUT2D eigenvalue weighted by Crippen LogP contribution is 2.27. The van der Waals surface area contributed by atoms with Crippen molar-refractivity contribution < 1.29 is 5.11 Å². The molecular formula is C16H15NO. The van der Waals surface area contributed by atoms with Crippen LogP contribution in [0.3, 0.4) is 0 Å². The number of rotatable bonds is 2. The Hall–Kier alpha value is -2.22. The summed E-state index contributed by atoms with van der Waals surface area (Å²) in [4.78, 5) is 3.45. The first-order valence-electron chi connectivity index (χ1n) is 6.10. The summed E-state index contributed by atoms with van der Waals surface area (Å²) >= 11 is 0. The van der Waals surface area contributed by atoms with Crippen molar-refractivity contribution in [1.29, 1.82) is 0 Å². The highest BCUT2D eigenvalue weighted by atomic mass is 16.3. The molecule has 0 saturated heterocycles. The summed E-state index contributed by atoms with van der Waals surface area (Å²) in [6.45, 7) is 2.16. The normalized spacial score (nSPS) is 12.7. The Labute approximate surface area is 106 Å². The number of para-hydroxylation sites is 1. The van der Waals surface area contributed by atoms with E-state index < -0.39 is 0 Å². The van der Waals surface area contributed by atoms with Crippen LogP contribution in [0.25, 0.3) is 10.9 Å². The molecule has 1 heterocycles. The van der Waals surface area contributed by atoms with Gasteiger partial charge in [-0.05, 0) is 35.2 Å². The Kier molecular flexibility index (Phi) is 2.56. The number of benzene rings is 2. The van der Waals surface area contributed by atoms with Crippen LogP contribution in [0.1, 0.15) is 24.1 Å². The van der Waals surface area contributed by atoms with E-state index in [1.54, 1.807) is 12.1 Å². The van der Waals surface area contributed by atoms with Crippen molar-refractivity contribution in [3.63, 3.8) is 0 Å². The van der Waals surface area contributed by atoms with Crippen LogP contribution in [0.5, 0.6) is 5.75 Å². The van der Waals surface area contributed by atoms with E-state index in [0.29, 0.717) is 5.75 Å². The Morgan fingerprint density at radius 2 is 1.72 bits per heavy atom. The second-order valence-electron chi connectivity index (χ2n) is 4.63. The van der Waals surface area contributed by atoms with Gasteiger partial charge in [0.15, 0.2) is 0 Å². The molecule has 18 heavy (non-hydrogen) atoms. The molecule has 0 spiro atoms. The monoisotopic (exact) mass is 237 g/mol. The first kappa shape index (κ1) is 10.9. The molecule has 2 heteroatoms. The van der Waals surface area contributed by atoms with Gasteiger partial charge in [0.2, 0.25) is 0 Å². The molecule has 3 aromatic rings. The molecule has 2 nitrogen and oxygen atoms in total. The van der Waals surface area contributed by atoms with Crippen LogP contribution < -0.4 is 0 Å². The molecule has 0 aliphatic heterocycles. The third kappa shape index (κ3) is 1.86. The minimum Gasteiger partial charge on any atom is -0.508 e. The van der Waals surface area contributed by atoms with Crippen LogP contribution in [-0.2, 0) is 0 Å². The van der Waals surface area contributed by atoms with Crippen LogP contribution in [0.4, 0.5) is 0 Å². The van der Waals surface area contributed by atoms with Gasteiger partial charge in [-0.25, -0.2) is 0 Å². The van der Waals surface area contributed by atoms with Crippen molar-refractivity contribution in [2.75, 3.05) is 0 Å². The molecule has 3 rings (SSSR count). The lowest BCUT2D eigenvalue weighted by Crippen LogP contribution is -1.95. The smallest absolute Gasteiger partial charge is 0.115 e. The summed E-state index contributed by atoms with van der Waals surface area (Å²) in [7, 11) is 0. The zero-order valence-electron chi connectivity index (χ0n) is 10.2. The molecule has 0 aliphatic rings. The van der Waals surface area contributed by atoms with Crippen LogP contribution >= 0.6 is 0 Å². The van der Waals surface area contributed by atoms with Gasteiger partial charge in [-0.2, -0.15) is 0 Å². The fourth-order valence-corrected chi connectivity index (χ4v) is 2.27. The molecule has 0 aliphatic carbocycles. The first-order chi connectivity index (χ1) is 8.74. The highest BCUT2D eigenvalue weighted by molar-refractivity contribution is 5.80. The van der Waals surface area contributed by atoms with Crippen LogP contribution in [0, 0.1) is 0 Å². The Bertz CT molecular complexity index is 634. The average Bonchev–Trinajstić information content (AvgIpc) is 2.82. The van der Waals surface area contributed by atoms with Gasteiger partial charge in [0.1, 0.15) is 5.75 Å². The number of aromatic hydroxyl groups is 1. The molecule has 2 N–H and O–H groups in total. The lowest BCUT2D eigenvalue weighted by Gasteiger charge is -2.09. The molecule has 0 saturated carbocycles. The molecule has 0 amide bonds. The first-order valence-corrected chi connectivity index (χ1v) is 6.10. The van der Waals surface area contributed by atoms with Gasteiger partial charge in [-0.1, -0.05) is 37.3 Å². The summed E-state index contributed by atoms with van der Waals surface area (Å²) in [5.41, 5.74) is 3.55. The maximum absolute atomic E-state index is 9.32. The predicted molar refractivity (Wildman–Crippen MR) is 73.9 cm³/mol. The summed E-state index contributed by atoms with van der Waals surface area (Å²) in [5, 5.41) is 10.5. The third-order valence-electron chi connectivity index (χ3n) is 3.41. The largest absolute Gasteiger partial charge is 0.508 e. The van der Waals surface area contributed by atoms with Gasteiger partial charge in [0, 0.05) is 17.1 Å². The standard InChI is InChI=1S/C16H15NO/c1-11(12-6-8-14(18)9-7-12)16-10-13-4-2-3-5-15(13)17-16/h2-11,17-18H,1H3. The zero-order chi connectivity index (χ0) is 12.5. The Morgan fingerprint density at radius 1 is 1.00 bits per heavy atom. The third-order valence-corrected chi connectivity index (χ3v) is 3.41. The number of hydrogen-bond acceptors (Lipinski definition) is 1. The molecule has 1 aromatic heterocycles. The fraction of sp³-hybridized carbons (Fsp3) is 0.125. The second-order valence-corrected chi connectivity index (χ2v) is 4.63. The topological polar surface area (TPSA) is 36.0 Å². The van der Waals surface area contributed by atoms with Crippen LogP contribution in [0.2, 0.25) is 0 Å². The maximum atomic E-state index is 9.32. The molecule has 1 atom stereocenters. The van der Waals surface area contributed by atoms with E-state index in [1.165, 1.54) is 16.6 Å². The molecule has 1 unspecified atom stereocenters. The molecule has 0 bridgehead atoms. The van der Waals surface area contributed by atoms with Gasteiger partial charge in [-0.3, -0.25) is 0 Å². The predicted octanol–water partition coefficient (Wildman–Crippen LogP) is 4.03. The Balaban J connectivity index is 2.00. The van der Waals surface area contributed by atoms with E-state index in [0.717, 1.165) is 5.52 Å². The summed E-state index contributed by atoms with van der Waals surface area (Å²) in [6.07, 6.45) is 0. The van der Waals surface area contributed by atoms with E-state index >= 15 is 0 Å². The van der Waals surface area contributed by atoms with E-state index in [4.69, 9.17) is 0 Å². The molecule has 0 fully saturated rings. The number of phenols is 1. The molecule has 0 radical (unpaired) electrons. The number of aromatic amines is 1. The summed E-state index contributed by atoms with van der Waals surface area (Å²) in [5.74, 6) is 0.598. The number of H-pyrrole nitrogens is 1. The fourth-order valence-electron chi connectivity index (χ4n) is 2.27. The minimum absolute atomic E-state index is 0.290. The summed E-state index contributed by atoms with van der Waals surface area (Å²) in [6, 6.07) is 17.9. The van der Waals surface area contributed by atoms with Crippen LogP contribution in [0.15, 0.2) is 54.6 Å². The van der Waals surface area contributed by atoms with Crippen molar-refractivity contribution in [2.24, 2.45) is 0 Å². The zero-order valence-corrected chi connectivity index (χ0v) is 10.2. The van der Waals surface area contributed by atoms with Crippen molar-refractivity contribution in [3.8, 4) is 5.75 Å². The molecular weight excluding hydrogens is 222 g/mol. The molecule has 90 valence electrons. The van der Waals surface area contributed by atoms with Gasteiger partial charge < -0.3 is 10.1 Å². The van der Waals surface area contributed by atoms with Gasteiger partial charge in [0.25, 0.3) is 0 Å². The lowest BCUT2D eigenvalue weighted by molar-refractivity contribution is 0.475. The van der Waals surface area contributed by atoms with Gasteiger partial charge >= 0.3 is 0 Å². The molecule has 2 aromatic carbocycles. The van der Waals surface area contributed by atoms with E-state index in [-0.39, 0.29) is 5.92 Å². The number of phenolic OH excluding ortho intramolecular Hbond substituents is 1. The van der Waals surface area contributed by atoms with Crippen molar-refractivity contribution in [2.45, 2.75) is 12.8 Å². The number of hydrogen-bond donors (Lipinski definition) is 2. The van der Waals surface area contributed by atoms with Crippen molar-refractivity contribution >= 4 is 10.9 Å². The second kappa shape index (κ2) is 4.22. The maximum Gasteiger partial charge on any atom is 0.115 e. The van der Waals surface area contributed by atoms with Crippen LogP contribution in [-0.4, -0.2) is 10.1 Å². The van der Waals surface area contributed by atoms with Crippen molar-refractivity contribution in [1.82, 2.24) is 4.98 Å². The van der Waals surface area contributed by atoms with E-state index in [1.807, 2.05) is 24.3 Å². The van der Waals surface area contributed by atoms with Crippen molar-refractivity contribution in [3.05, 3.63) is 65.9 Å². The minimum atomic E-state index is 0.290. The quantitative estimate of drug-likeness (QED) is 0.693. The SMILES string of the molecule is CC(c1ccc(O)cc1)c1cc2ccccc2[nH]1.